The number of hydrogen-bond donors (Lipinski definition) is 0. The Kier molecular flexibility index (Phi) is 5.26. The molecular formula is C21H20N6. The molecule has 4 rings (SSSR count). The van der Waals surface area contributed by atoms with Gasteiger partial charge in [-0.2, -0.15) is 0 Å². The predicted octanol–water partition coefficient (Wildman–Crippen LogP) is 3.26. The van der Waals surface area contributed by atoms with Crippen LogP contribution in [0.2, 0.25) is 0 Å². The van der Waals surface area contributed by atoms with Crippen LogP contribution in [0.15, 0.2) is 85.3 Å². The molecule has 0 N–H and O–H groups in total. The number of hydrogen-bond acceptors (Lipinski definition) is 5. The number of para-hydroxylation sites is 1. The van der Waals surface area contributed by atoms with Gasteiger partial charge >= 0.3 is 0 Å². The van der Waals surface area contributed by atoms with Gasteiger partial charge in [-0.25, -0.2) is 4.68 Å². The standard InChI is InChI=1S/C21H20N6/c1-2-10-21(11-3-1)27-17-20(24-25-27)16-26(14-18-8-4-6-12-22-18)15-19-9-5-7-13-23-19/h1-13,17H,14-16H2. The highest BCUT2D eigenvalue weighted by atomic mass is 15.4. The molecule has 3 aromatic heterocycles. The molecule has 0 bridgehead atoms. The van der Waals surface area contributed by atoms with E-state index in [1.165, 1.54) is 0 Å². The Bertz CT molecular complexity index is 912. The predicted molar refractivity (Wildman–Crippen MR) is 103 cm³/mol. The molecule has 0 fully saturated rings. The number of aromatic nitrogens is 5. The summed E-state index contributed by atoms with van der Waals surface area (Å²) in [5.41, 5.74) is 3.94. The van der Waals surface area contributed by atoms with Gasteiger partial charge in [0.25, 0.3) is 0 Å². The SMILES string of the molecule is c1ccc(-n2cc(CN(Cc3ccccn3)Cc3ccccn3)nn2)cc1. The van der Waals surface area contributed by atoms with Gasteiger partial charge in [-0.15, -0.1) is 5.10 Å². The molecule has 0 spiro atoms. The summed E-state index contributed by atoms with van der Waals surface area (Å²) in [4.78, 5) is 11.2. The van der Waals surface area contributed by atoms with Crippen molar-refractivity contribution in [1.82, 2.24) is 29.9 Å². The summed E-state index contributed by atoms with van der Waals surface area (Å²) in [7, 11) is 0. The molecule has 0 atom stereocenters. The molecule has 0 radical (unpaired) electrons. The van der Waals surface area contributed by atoms with E-state index in [1.807, 2.05) is 85.3 Å². The molecule has 6 heteroatoms. The molecule has 0 aliphatic rings. The highest BCUT2D eigenvalue weighted by Crippen LogP contribution is 2.12. The van der Waals surface area contributed by atoms with Crippen LogP contribution >= 0.6 is 0 Å². The number of benzene rings is 1. The highest BCUT2D eigenvalue weighted by Gasteiger charge is 2.12. The van der Waals surface area contributed by atoms with Crippen LogP contribution in [-0.2, 0) is 19.6 Å². The number of nitrogens with zero attached hydrogens (tertiary/aromatic N) is 6. The van der Waals surface area contributed by atoms with Gasteiger partial charge in [-0.1, -0.05) is 35.5 Å². The maximum atomic E-state index is 4.45. The third-order valence-corrected chi connectivity index (χ3v) is 4.17. The van der Waals surface area contributed by atoms with Gasteiger partial charge in [0.15, 0.2) is 0 Å². The van der Waals surface area contributed by atoms with E-state index in [2.05, 4.69) is 25.2 Å². The van der Waals surface area contributed by atoms with Crippen LogP contribution in [0.3, 0.4) is 0 Å². The summed E-state index contributed by atoms with van der Waals surface area (Å²) in [5, 5.41) is 8.61. The van der Waals surface area contributed by atoms with Crippen molar-refractivity contribution in [3.8, 4) is 5.69 Å². The Morgan fingerprint density at radius 2 is 1.26 bits per heavy atom. The van der Waals surface area contributed by atoms with Gasteiger partial charge in [0, 0.05) is 32.0 Å². The van der Waals surface area contributed by atoms with Crippen LogP contribution in [0.25, 0.3) is 5.69 Å². The van der Waals surface area contributed by atoms with Crippen molar-refractivity contribution in [2.24, 2.45) is 0 Å². The lowest BCUT2D eigenvalue weighted by atomic mass is 10.2. The zero-order valence-electron chi connectivity index (χ0n) is 14.9. The minimum Gasteiger partial charge on any atom is -0.286 e. The second kappa shape index (κ2) is 8.33. The molecule has 4 aromatic rings. The topological polar surface area (TPSA) is 59.7 Å². The molecule has 27 heavy (non-hydrogen) atoms. The largest absolute Gasteiger partial charge is 0.286 e. The lowest BCUT2D eigenvalue weighted by Crippen LogP contribution is -2.23. The summed E-state index contributed by atoms with van der Waals surface area (Å²) in [6.45, 7) is 2.10. The van der Waals surface area contributed by atoms with E-state index in [0.717, 1.165) is 35.9 Å². The second-order valence-electron chi connectivity index (χ2n) is 6.28. The van der Waals surface area contributed by atoms with Crippen molar-refractivity contribution in [3.63, 3.8) is 0 Å². The maximum Gasteiger partial charge on any atom is 0.0972 e. The summed E-state index contributed by atoms with van der Waals surface area (Å²) < 4.78 is 1.80. The second-order valence-corrected chi connectivity index (χ2v) is 6.28. The summed E-state index contributed by atoms with van der Waals surface area (Å²) >= 11 is 0. The van der Waals surface area contributed by atoms with E-state index in [4.69, 9.17) is 0 Å². The Morgan fingerprint density at radius 3 is 1.85 bits per heavy atom. The molecule has 1 aromatic carbocycles. The van der Waals surface area contributed by atoms with E-state index < -0.39 is 0 Å². The first kappa shape index (κ1) is 17.1. The minimum absolute atomic E-state index is 0.667. The average molecular weight is 356 g/mol. The molecule has 134 valence electrons. The van der Waals surface area contributed by atoms with Crippen LogP contribution < -0.4 is 0 Å². The first-order valence-corrected chi connectivity index (χ1v) is 8.86. The molecule has 0 saturated heterocycles. The molecule has 0 aliphatic heterocycles. The van der Waals surface area contributed by atoms with Crippen molar-refractivity contribution in [2.75, 3.05) is 0 Å². The fourth-order valence-electron chi connectivity index (χ4n) is 2.92. The highest BCUT2D eigenvalue weighted by molar-refractivity contribution is 5.29. The summed E-state index contributed by atoms with van der Waals surface area (Å²) in [6, 6.07) is 21.9. The lowest BCUT2D eigenvalue weighted by molar-refractivity contribution is 0.238. The van der Waals surface area contributed by atoms with Crippen molar-refractivity contribution in [2.45, 2.75) is 19.6 Å². The van der Waals surface area contributed by atoms with E-state index in [1.54, 1.807) is 4.68 Å². The van der Waals surface area contributed by atoms with Crippen LogP contribution in [0.1, 0.15) is 17.1 Å². The van der Waals surface area contributed by atoms with Gasteiger partial charge in [0.1, 0.15) is 0 Å². The Labute approximate surface area is 158 Å². The van der Waals surface area contributed by atoms with E-state index in [9.17, 15) is 0 Å². The monoisotopic (exact) mass is 356 g/mol. The van der Waals surface area contributed by atoms with Crippen molar-refractivity contribution in [1.29, 1.82) is 0 Å². The van der Waals surface area contributed by atoms with Crippen LogP contribution in [-0.4, -0.2) is 29.9 Å². The van der Waals surface area contributed by atoms with E-state index >= 15 is 0 Å². The summed E-state index contributed by atoms with van der Waals surface area (Å²) in [6.07, 6.45) is 5.61. The molecule has 3 heterocycles. The Balaban J connectivity index is 1.52. The third-order valence-electron chi connectivity index (χ3n) is 4.17. The van der Waals surface area contributed by atoms with E-state index in [-0.39, 0.29) is 0 Å². The Morgan fingerprint density at radius 1 is 0.667 bits per heavy atom. The zero-order valence-corrected chi connectivity index (χ0v) is 14.9. The number of rotatable bonds is 7. The minimum atomic E-state index is 0.667. The van der Waals surface area contributed by atoms with Gasteiger partial charge in [0.05, 0.1) is 29.0 Å². The molecule has 6 nitrogen and oxygen atoms in total. The van der Waals surface area contributed by atoms with Crippen LogP contribution in [0.5, 0.6) is 0 Å². The molecule has 0 aliphatic carbocycles. The molecule has 0 unspecified atom stereocenters. The van der Waals surface area contributed by atoms with E-state index in [0.29, 0.717) is 6.54 Å². The lowest BCUT2D eigenvalue weighted by Gasteiger charge is -2.20. The zero-order chi connectivity index (χ0) is 18.3. The van der Waals surface area contributed by atoms with Crippen molar-refractivity contribution < 1.29 is 0 Å². The van der Waals surface area contributed by atoms with Crippen LogP contribution in [0.4, 0.5) is 0 Å². The number of pyridine rings is 2. The third kappa shape index (κ3) is 4.62. The molecule has 0 saturated carbocycles. The van der Waals surface area contributed by atoms with Gasteiger partial charge < -0.3 is 0 Å². The maximum absolute atomic E-state index is 4.45. The smallest absolute Gasteiger partial charge is 0.0972 e. The van der Waals surface area contributed by atoms with Gasteiger partial charge in [-0.05, 0) is 36.4 Å². The molecule has 0 amide bonds. The normalized spacial score (nSPS) is 11.0. The quantitative estimate of drug-likeness (QED) is 0.509. The van der Waals surface area contributed by atoms with Crippen molar-refractivity contribution >= 4 is 0 Å². The van der Waals surface area contributed by atoms with Gasteiger partial charge in [0.2, 0.25) is 0 Å². The first-order chi connectivity index (χ1) is 13.4. The van der Waals surface area contributed by atoms with Gasteiger partial charge in [-0.3, -0.25) is 14.9 Å². The fourth-order valence-corrected chi connectivity index (χ4v) is 2.92. The van der Waals surface area contributed by atoms with Crippen molar-refractivity contribution in [3.05, 3.63) is 102 Å². The fraction of sp³-hybridized carbons (Fsp3) is 0.143. The molecular weight excluding hydrogens is 336 g/mol. The average Bonchev–Trinajstić information content (AvgIpc) is 3.19. The summed E-state index contributed by atoms with van der Waals surface area (Å²) in [5.74, 6) is 0. The van der Waals surface area contributed by atoms with Crippen LogP contribution in [0, 0.1) is 0 Å². The Hall–Kier alpha value is -3.38. The first-order valence-electron chi connectivity index (χ1n) is 8.86.